The monoisotopic (exact) mass is 460 g/mol. The average Bonchev–Trinajstić information content (AvgIpc) is 3.25. The van der Waals surface area contributed by atoms with Crippen molar-refractivity contribution >= 4 is 40.9 Å². The van der Waals surface area contributed by atoms with Gasteiger partial charge in [-0.25, -0.2) is 4.79 Å². The van der Waals surface area contributed by atoms with Crippen LogP contribution in [-0.4, -0.2) is 47.4 Å². The van der Waals surface area contributed by atoms with E-state index in [0.29, 0.717) is 44.0 Å². The third-order valence-corrected chi connectivity index (χ3v) is 8.03. The van der Waals surface area contributed by atoms with Crippen molar-refractivity contribution in [2.75, 3.05) is 18.0 Å². The highest BCUT2D eigenvalue weighted by Crippen LogP contribution is 2.40. The van der Waals surface area contributed by atoms with Gasteiger partial charge in [0, 0.05) is 30.4 Å². The van der Waals surface area contributed by atoms with Gasteiger partial charge in [0.15, 0.2) is 0 Å². The number of nitrogens with zero attached hydrogens (tertiary/aromatic N) is 2. The van der Waals surface area contributed by atoms with Gasteiger partial charge in [0.2, 0.25) is 12.3 Å². The molecule has 2 aliphatic rings. The summed E-state index contributed by atoms with van der Waals surface area (Å²) in [6.07, 6.45) is 12.0. The second-order valence-electron chi connectivity index (χ2n) is 9.15. The van der Waals surface area contributed by atoms with Crippen LogP contribution in [0.2, 0.25) is 0 Å². The van der Waals surface area contributed by atoms with E-state index in [1.807, 2.05) is 6.07 Å². The molecule has 0 saturated carbocycles. The molecule has 1 aliphatic carbocycles. The lowest BCUT2D eigenvalue weighted by atomic mass is 9.97. The third-order valence-electron chi connectivity index (χ3n) is 6.84. The molecule has 0 aromatic carbocycles. The van der Waals surface area contributed by atoms with Crippen LogP contribution in [0, 0.1) is 5.92 Å². The van der Waals surface area contributed by atoms with Crippen LogP contribution >= 0.6 is 11.3 Å². The Labute approximate surface area is 195 Å². The number of carbonyl (C=O) groups excluding carboxylic acids is 2. The Morgan fingerprint density at radius 1 is 1.31 bits per heavy atom. The predicted octanol–water partition coefficient (Wildman–Crippen LogP) is 5.57. The number of anilines is 1. The summed E-state index contributed by atoms with van der Waals surface area (Å²) in [5.41, 5.74) is 1.75. The van der Waals surface area contributed by atoms with Gasteiger partial charge in [-0.3, -0.25) is 9.59 Å². The van der Waals surface area contributed by atoms with Gasteiger partial charge in [-0.05, 0) is 62.5 Å². The van der Waals surface area contributed by atoms with E-state index < -0.39 is 5.97 Å². The molecule has 1 N–H and O–H groups in total. The Bertz CT molecular complexity index is 839. The minimum Gasteiger partial charge on any atom is -0.477 e. The lowest BCUT2D eigenvalue weighted by molar-refractivity contribution is -0.120. The number of carboxylic acids is 1. The number of hydrogen-bond acceptors (Lipinski definition) is 4. The Morgan fingerprint density at radius 2 is 2.06 bits per heavy atom. The number of carboxylic acid groups (broad SMARTS) is 1. The summed E-state index contributed by atoms with van der Waals surface area (Å²) in [5.74, 6) is -0.398. The molecular formula is C25H36N2O4S. The van der Waals surface area contributed by atoms with Crippen LogP contribution < -0.4 is 4.90 Å². The van der Waals surface area contributed by atoms with Gasteiger partial charge in [0.05, 0.1) is 5.69 Å². The fourth-order valence-electron chi connectivity index (χ4n) is 4.64. The highest BCUT2D eigenvalue weighted by Gasteiger charge is 2.33. The molecule has 1 aliphatic heterocycles. The van der Waals surface area contributed by atoms with Crippen molar-refractivity contribution in [1.29, 1.82) is 0 Å². The van der Waals surface area contributed by atoms with E-state index in [9.17, 15) is 19.5 Å². The van der Waals surface area contributed by atoms with E-state index in [4.69, 9.17) is 0 Å². The first-order valence-corrected chi connectivity index (χ1v) is 12.8. The number of likely N-dealkylation sites (tertiary alicyclic amines) is 1. The molecule has 6 nitrogen and oxygen atoms in total. The van der Waals surface area contributed by atoms with E-state index in [-0.39, 0.29) is 16.8 Å². The molecule has 2 amide bonds. The summed E-state index contributed by atoms with van der Waals surface area (Å²) in [7, 11) is 0. The SMILES string of the molecule is CCC(C)CCCC(=O)N(c1cc(C2=CCCCC2)sc1C(=O)O)C1CCN(C=O)CC1. The van der Waals surface area contributed by atoms with Crippen molar-refractivity contribution in [3.05, 3.63) is 21.9 Å². The number of piperidine rings is 1. The Balaban J connectivity index is 1.90. The van der Waals surface area contributed by atoms with Crippen LogP contribution in [-0.2, 0) is 9.59 Å². The molecule has 32 heavy (non-hydrogen) atoms. The zero-order valence-corrected chi connectivity index (χ0v) is 20.2. The average molecular weight is 461 g/mol. The molecule has 1 aromatic heterocycles. The number of rotatable bonds is 10. The Kier molecular flexibility index (Phi) is 8.91. The summed E-state index contributed by atoms with van der Waals surface area (Å²) < 4.78 is 0. The fraction of sp³-hybridized carbons (Fsp3) is 0.640. The highest BCUT2D eigenvalue weighted by atomic mass is 32.1. The highest BCUT2D eigenvalue weighted by molar-refractivity contribution is 7.15. The smallest absolute Gasteiger partial charge is 0.348 e. The van der Waals surface area contributed by atoms with Crippen molar-refractivity contribution < 1.29 is 19.5 Å². The molecule has 7 heteroatoms. The number of allylic oxidation sites excluding steroid dienone is 2. The second kappa shape index (κ2) is 11.6. The minimum absolute atomic E-state index is 0.00216. The van der Waals surface area contributed by atoms with Gasteiger partial charge in [-0.15, -0.1) is 11.3 Å². The Hall–Kier alpha value is -2.15. The largest absolute Gasteiger partial charge is 0.477 e. The number of aromatic carboxylic acids is 1. The quantitative estimate of drug-likeness (QED) is 0.463. The summed E-state index contributed by atoms with van der Waals surface area (Å²) in [6.45, 7) is 5.54. The number of hydrogen-bond donors (Lipinski definition) is 1. The van der Waals surface area contributed by atoms with E-state index in [0.717, 1.165) is 49.8 Å². The summed E-state index contributed by atoms with van der Waals surface area (Å²) >= 11 is 1.29. The second-order valence-corrected chi connectivity index (χ2v) is 10.2. The lowest BCUT2D eigenvalue weighted by Gasteiger charge is -2.37. The summed E-state index contributed by atoms with van der Waals surface area (Å²) in [4.78, 5) is 41.5. The molecule has 0 spiro atoms. The standard InChI is InChI=1S/C25H36N2O4S/c1-3-18(2)8-7-11-23(29)27(20-12-14-26(17-28)15-13-20)21-16-22(32-24(21)25(30)31)19-9-5-4-6-10-19/h9,16-18,20H,3-8,10-15H2,1-2H3,(H,30,31). The summed E-state index contributed by atoms with van der Waals surface area (Å²) in [5, 5.41) is 9.97. The molecule has 3 rings (SSSR count). The first-order chi connectivity index (χ1) is 15.4. The van der Waals surface area contributed by atoms with Crippen LogP contribution in [0.4, 0.5) is 5.69 Å². The van der Waals surface area contributed by atoms with Crippen molar-refractivity contribution in [3.63, 3.8) is 0 Å². The maximum atomic E-state index is 13.5. The number of thiophene rings is 1. The number of carbonyl (C=O) groups is 3. The van der Waals surface area contributed by atoms with Crippen molar-refractivity contribution in [3.8, 4) is 0 Å². The third kappa shape index (κ3) is 6.00. The minimum atomic E-state index is -0.976. The molecule has 1 unspecified atom stereocenters. The molecule has 0 radical (unpaired) electrons. The maximum Gasteiger partial charge on any atom is 0.348 e. The molecule has 1 saturated heterocycles. The molecule has 2 heterocycles. The van der Waals surface area contributed by atoms with Gasteiger partial charge in [-0.2, -0.15) is 0 Å². The van der Waals surface area contributed by atoms with Crippen LogP contribution in [0.5, 0.6) is 0 Å². The van der Waals surface area contributed by atoms with Gasteiger partial charge in [0.25, 0.3) is 0 Å². The first-order valence-electron chi connectivity index (χ1n) is 12.0. The molecule has 0 bridgehead atoms. The van der Waals surface area contributed by atoms with E-state index in [1.54, 1.807) is 9.80 Å². The van der Waals surface area contributed by atoms with Gasteiger partial charge in [-0.1, -0.05) is 32.8 Å². The van der Waals surface area contributed by atoms with Crippen LogP contribution in [0.3, 0.4) is 0 Å². The topological polar surface area (TPSA) is 77.9 Å². The Morgan fingerprint density at radius 3 is 2.66 bits per heavy atom. The molecule has 1 aromatic rings. The van der Waals surface area contributed by atoms with E-state index >= 15 is 0 Å². The summed E-state index contributed by atoms with van der Waals surface area (Å²) in [6, 6.07) is 1.85. The lowest BCUT2D eigenvalue weighted by Crippen LogP contribution is -2.47. The zero-order valence-electron chi connectivity index (χ0n) is 19.3. The van der Waals surface area contributed by atoms with Crippen LogP contribution in [0.15, 0.2) is 12.1 Å². The first kappa shape index (κ1) is 24.5. The molecular weight excluding hydrogens is 424 g/mol. The normalized spacial score (nSPS) is 18.2. The maximum absolute atomic E-state index is 13.5. The number of amides is 2. The van der Waals surface area contributed by atoms with Crippen molar-refractivity contribution in [1.82, 2.24) is 4.90 Å². The van der Waals surface area contributed by atoms with Crippen molar-refractivity contribution in [2.45, 2.75) is 84.1 Å². The zero-order chi connectivity index (χ0) is 23.1. The van der Waals surface area contributed by atoms with Gasteiger partial charge < -0.3 is 14.9 Å². The fourth-order valence-corrected chi connectivity index (χ4v) is 5.70. The molecule has 1 atom stereocenters. The van der Waals surface area contributed by atoms with E-state index in [2.05, 4.69) is 19.9 Å². The van der Waals surface area contributed by atoms with Gasteiger partial charge >= 0.3 is 5.97 Å². The van der Waals surface area contributed by atoms with E-state index in [1.165, 1.54) is 23.3 Å². The predicted molar refractivity (Wildman–Crippen MR) is 129 cm³/mol. The van der Waals surface area contributed by atoms with Crippen LogP contribution in [0.1, 0.15) is 92.6 Å². The molecule has 1 fully saturated rings. The van der Waals surface area contributed by atoms with Crippen molar-refractivity contribution in [2.24, 2.45) is 5.92 Å². The van der Waals surface area contributed by atoms with Gasteiger partial charge in [0.1, 0.15) is 4.88 Å². The molecule has 176 valence electrons. The van der Waals surface area contributed by atoms with Crippen LogP contribution in [0.25, 0.3) is 5.57 Å².